The maximum atomic E-state index is 12.2. The minimum absolute atomic E-state index is 0.331. The smallest absolute Gasteiger partial charge is 0.346 e. The first-order valence-electron chi connectivity index (χ1n) is 9.25. The van der Waals surface area contributed by atoms with Crippen molar-refractivity contribution in [2.75, 3.05) is 0 Å². The maximum absolute atomic E-state index is 12.2. The highest BCUT2D eigenvalue weighted by atomic mass is 16.4. The van der Waals surface area contributed by atoms with Crippen LogP contribution in [-0.4, -0.2) is 15.0 Å². The molecular formula is C22H21N3O2. The van der Waals surface area contributed by atoms with Crippen molar-refractivity contribution < 1.29 is 4.42 Å². The number of benzene rings is 2. The van der Waals surface area contributed by atoms with E-state index < -0.39 is 0 Å². The molecule has 0 fully saturated rings. The molecule has 2 aromatic heterocycles. The number of H-pyrrole nitrogens is 1. The van der Waals surface area contributed by atoms with E-state index in [-0.39, 0.29) is 5.63 Å². The average molecular weight is 359 g/mol. The van der Waals surface area contributed by atoms with E-state index in [1.54, 1.807) is 0 Å². The lowest BCUT2D eigenvalue weighted by atomic mass is 10.1. The maximum Gasteiger partial charge on any atom is 0.346 e. The molecule has 0 bridgehead atoms. The monoisotopic (exact) mass is 359 g/mol. The van der Waals surface area contributed by atoms with Crippen LogP contribution >= 0.6 is 0 Å². The van der Waals surface area contributed by atoms with Crippen molar-refractivity contribution in [3.8, 4) is 11.3 Å². The molecule has 2 aromatic carbocycles. The van der Waals surface area contributed by atoms with E-state index in [1.807, 2.05) is 54.7 Å². The third-order valence-corrected chi connectivity index (χ3v) is 4.57. The molecule has 0 unspecified atom stereocenters. The summed E-state index contributed by atoms with van der Waals surface area (Å²) in [5, 5.41) is 0.531. The molecule has 0 amide bonds. The molecule has 0 spiro atoms. The zero-order chi connectivity index (χ0) is 18.6. The molecule has 0 radical (unpaired) electrons. The van der Waals surface area contributed by atoms with Crippen LogP contribution in [0.3, 0.4) is 0 Å². The number of nitrogens with zero attached hydrogens (tertiary/aromatic N) is 2. The SMILES string of the molecule is CCCc1ccc2c(=O)oc(CCc3ncc(-c4ccccc4)[nH]3)nc2c1. The van der Waals surface area contributed by atoms with Gasteiger partial charge < -0.3 is 9.40 Å². The lowest BCUT2D eigenvalue weighted by Gasteiger charge is -2.03. The van der Waals surface area contributed by atoms with E-state index in [0.717, 1.165) is 29.9 Å². The third kappa shape index (κ3) is 3.82. The van der Waals surface area contributed by atoms with Crippen LogP contribution in [0.4, 0.5) is 0 Å². The van der Waals surface area contributed by atoms with E-state index >= 15 is 0 Å². The minimum Gasteiger partial charge on any atom is -0.408 e. The summed E-state index contributed by atoms with van der Waals surface area (Å²) in [6.45, 7) is 2.13. The Kier molecular flexibility index (Phi) is 4.83. The number of fused-ring (bicyclic) bond motifs is 1. The Morgan fingerprint density at radius 3 is 2.70 bits per heavy atom. The summed E-state index contributed by atoms with van der Waals surface area (Å²) in [5.74, 6) is 1.29. The Labute approximate surface area is 157 Å². The quantitative estimate of drug-likeness (QED) is 0.557. The average Bonchev–Trinajstić information content (AvgIpc) is 3.16. The van der Waals surface area contributed by atoms with E-state index in [9.17, 15) is 4.79 Å². The fourth-order valence-corrected chi connectivity index (χ4v) is 3.19. The molecular weight excluding hydrogens is 338 g/mol. The van der Waals surface area contributed by atoms with Crippen molar-refractivity contribution in [2.24, 2.45) is 0 Å². The zero-order valence-corrected chi connectivity index (χ0v) is 15.2. The fourth-order valence-electron chi connectivity index (χ4n) is 3.19. The summed E-state index contributed by atoms with van der Waals surface area (Å²) >= 11 is 0. The van der Waals surface area contributed by atoms with Crippen LogP contribution in [0.25, 0.3) is 22.2 Å². The van der Waals surface area contributed by atoms with Crippen LogP contribution in [0.2, 0.25) is 0 Å². The number of aromatic nitrogens is 3. The third-order valence-electron chi connectivity index (χ3n) is 4.57. The molecule has 4 rings (SSSR count). The van der Waals surface area contributed by atoms with Gasteiger partial charge in [-0.15, -0.1) is 0 Å². The normalized spacial score (nSPS) is 11.1. The van der Waals surface area contributed by atoms with E-state index in [2.05, 4.69) is 21.9 Å². The second kappa shape index (κ2) is 7.58. The predicted octanol–water partition coefficient (Wildman–Crippen LogP) is 4.32. The summed E-state index contributed by atoms with van der Waals surface area (Å²) in [6, 6.07) is 15.8. The second-order valence-corrected chi connectivity index (χ2v) is 6.61. The molecule has 4 aromatic rings. The molecule has 0 atom stereocenters. The lowest BCUT2D eigenvalue weighted by Crippen LogP contribution is -2.07. The van der Waals surface area contributed by atoms with Crippen molar-refractivity contribution in [2.45, 2.75) is 32.6 Å². The highest BCUT2D eigenvalue weighted by Crippen LogP contribution is 2.17. The van der Waals surface area contributed by atoms with Gasteiger partial charge in [-0.05, 0) is 29.7 Å². The van der Waals surface area contributed by atoms with Gasteiger partial charge >= 0.3 is 5.63 Å². The van der Waals surface area contributed by atoms with Crippen molar-refractivity contribution in [3.63, 3.8) is 0 Å². The fraction of sp³-hybridized carbons (Fsp3) is 0.227. The van der Waals surface area contributed by atoms with E-state index in [4.69, 9.17) is 4.42 Å². The Bertz CT molecular complexity index is 1110. The number of nitrogens with one attached hydrogen (secondary N) is 1. The molecule has 0 saturated heterocycles. The molecule has 0 aliphatic rings. The lowest BCUT2D eigenvalue weighted by molar-refractivity contribution is 0.442. The first-order chi connectivity index (χ1) is 13.2. The number of imidazole rings is 1. The summed E-state index contributed by atoms with van der Waals surface area (Å²) in [5.41, 5.74) is 3.63. The molecule has 5 nitrogen and oxygen atoms in total. The van der Waals surface area contributed by atoms with E-state index in [1.165, 1.54) is 5.56 Å². The highest BCUT2D eigenvalue weighted by molar-refractivity contribution is 5.77. The Morgan fingerprint density at radius 1 is 1.04 bits per heavy atom. The molecule has 0 aliphatic carbocycles. The van der Waals surface area contributed by atoms with Crippen LogP contribution in [0.5, 0.6) is 0 Å². The van der Waals surface area contributed by atoms with Gasteiger partial charge in [0.15, 0.2) is 5.89 Å². The molecule has 2 heterocycles. The van der Waals surface area contributed by atoms with Crippen molar-refractivity contribution >= 4 is 10.9 Å². The van der Waals surface area contributed by atoms with Crippen molar-refractivity contribution in [1.29, 1.82) is 0 Å². The molecule has 27 heavy (non-hydrogen) atoms. The van der Waals surface area contributed by atoms with Gasteiger partial charge in [0.25, 0.3) is 0 Å². The second-order valence-electron chi connectivity index (χ2n) is 6.61. The summed E-state index contributed by atoms with van der Waals surface area (Å²) in [6.07, 6.45) is 5.00. The molecule has 0 saturated carbocycles. The summed E-state index contributed by atoms with van der Waals surface area (Å²) in [4.78, 5) is 24.5. The topological polar surface area (TPSA) is 71.8 Å². The van der Waals surface area contributed by atoms with Gasteiger partial charge in [0.05, 0.1) is 22.8 Å². The summed E-state index contributed by atoms with van der Waals surface area (Å²) in [7, 11) is 0. The Hall–Kier alpha value is -3.21. The zero-order valence-electron chi connectivity index (χ0n) is 15.2. The van der Waals surface area contributed by atoms with Gasteiger partial charge in [-0.2, -0.15) is 0 Å². The Morgan fingerprint density at radius 2 is 1.89 bits per heavy atom. The molecule has 5 heteroatoms. The van der Waals surface area contributed by atoms with Gasteiger partial charge in [-0.25, -0.2) is 14.8 Å². The van der Waals surface area contributed by atoms with Gasteiger partial charge in [0.2, 0.25) is 0 Å². The van der Waals surface area contributed by atoms with E-state index in [0.29, 0.717) is 29.6 Å². The van der Waals surface area contributed by atoms with Crippen molar-refractivity contribution in [1.82, 2.24) is 15.0 Å². The Balaban J connectivity index is 1.53. The first kappa shape index (κ1) is 17.2. The van der Waals surface area contributed by atoms with Gasteiger partial charge in [0.1, 0.15) is 5.82 Å². The standard InChI is InChI=1S/C22H21N3O2/c1-2-6-15-9-10-17-18(13-15)25-21(27-22(17)26)12-11-20-23-14-19(24-20)16-7-4-3-5-8-16/h3-5,7-10,13-14H,2,6,11-12H2,1H3,(H,23,24). The number of aromatic amines is 1. The van der Waals surface area contributed by atoms with Crippen LogP contribution in [0, 0.1) is 0 Å². The highest BCUT2D eigenvalue weighted by Gasteiger charge is 2.09. The van der Waals surface area contributed by atoms with Gasteiger partial charge in [-0.3, -0.25) is 0 Å². The van der Waals surface area contributed by atoms with Gasteiger partial charge in [0, 0.05) is 12.8 Å². The first-order valence-corrected chi connectivity index (χ1v) is 9.25. The number of rotatable bonds is 6. The molecule has 0 aliphatic heterocycles. The van der Waals surface area contributed by atoms with Crippen LogP contribution < -0.4 is 5.63 Å². The van der Waals surface area contributed by atoms with Crippen LogP contribution in [0.1, 0.15) is 30.6 Å². The molecule has 1 N–H and O–H groups in total. The van der Waals surface area contributed by atoms with Crippen LogP contribution in [0.15, 0.2) is 63.9 Å². The van der Waals surface area contributed by atoms with Crippen LogP contribution in [-0.2, 0) is 19.3 Å². The largest absolute Gasteiger partial charge is 0.408 e. The molecule has 136 valence electrons. The summed E-state index contributed by atoms with van der Waals surface area (Å²) < 4.78 is 5.40. The minimum atomic E-state index is -0.331. The number of aryl methyl sites for hydroxylation is 3. The van der Waals surface area contributed by atoms with Gasteiger partial charge in [-0.1, -0.05) is 49.7 Å². The number of hydrogen-bond acceptors (Lipinski definition) is 4. The predicted molar refractivity (Wildman–Crippen MR) is 106 cm³/mol. The number of hydrogen-bond donors (Lipinski definition) is 1. The van der Waals surface area contributed by atoms with Crippen molar-refractivity contribution in [3.05, 3.63) is 82.4 Å².